The van der Waals surface area contributed by atoms with E-state index in [4.69, 9.17) is 21.1 Å². The Morgan fingerprint density at radius 3 is 2.66 bits per heavy atom. The number of nitrogens with zero attached hydrogens (tertiary/aromatic N) is 4. The molecule has 4 aromatic rings. The third-order valence-corrected chi connectivity index (χ3v) is 5.74. The number of ether oxygens (including phenoxy) is 2. The highest BCUT2D eigenvalue weighted by Crippen LogP contribution is 2.34. The third kappa shape index (κ3) is 6.57. The van der Waals surface area contributed by atoms with Gasteiger partial charge in [-0.3, -0.25) is 9.88 Å². The zero-order valence-corrected chi connectivity index (χ0v) is 20.3. The molecule has 8 nitrogen and oxygen atoms in total. The lowest BCUT2D eigenvalue weighted by atomic mass is 10.2. The van der Waals surface area contributed by atoms with E-state index in [2.05, 4.69) is 32.1 Å². The van der Waals surface area contributed by atoms with Crippen LogP contribution in [0.4, 0.5) is 11.5 Å². The summed E-state index contributed by atoms with van der Waals surface area (Å²) in [6.45, 7) is 5.17. The summed E-state index contributed by atoms with van der Waals surface area (Å²) in [5, 5.41) is 13.8. The van der Waals surface area contributed by atoms with E-state index in [1.165, 1.54) is 6.33 Å². The largest absolute Gasteiger partial charge is 0.491 e. The lowest BCUT2D eigenvalue weighted by Crippen LogP contribution is -2.30. The number of nitrogens with one attached hydrogen (secondary N) is 1. The first-order valence-electron chi connectivity index (χ1n) is 11.5. The van der Waals surface area contributed by atoms with Crippen LogP contribution in [0.15, 0.2) is 67.1 Å². The fourth-order valence-corrected chi connectivity index (χ4v) is 3.85. The fraction of sp³-hybridized carbons (Fsp3) is 0.269. The normalized spacial score (nSPS) is 11.1. The van der Waals surface area contributed by atoms with Crippen LogP contribution in [0.25, 0.3) is 10.9 Å². The van der Waals surface area contributed by atoms with Crippen molar-refractivity contribution in [1.82, 2.24) is 19.9 Å². The summed E-state index contributed by atoms with van der Waals surface area (Å²) in [5.74, 6) is 1.88. The molecule has 0 aliphatic rings. The van der Waals surface area contributed by atoms with E-state index in [1.54, 1.807) is 12.3 Å². The van der Waals surface area contributed by atoms with Gasteiger partial charge in [-0.25, -0.2) is 9.97 Å². The Balaban J connectivity index is 1.49. The Kier molecular flexibility index (Phi) is 8.67. The van der Waals surface area contributed by atoms with Gasteiger partial charge in [0.25, 0.3) is 0 Å². The van der Waals surface area contributed by atoms with Crippen LogP contribution in [0.1, 0.15) is 12.6 Å². The molecule has 0 bridgehead atoms. The minimum absolute atomic E-state index is 0.125. The van der Waals surface area contributed by atoms with Gasteiger partial charge < -0.3 is 19.9 Å². The van der Waals surface area contributed by atoms with Gasteiger partial charge in [0.15, 0.2) is 0 Å². The van der Waals surface area contributed by atoms with E-state index in [9.17, 15) is 5.11 Å². The smallest absolute Gasteiger partial charge is 0.145 e. The first kappa shape index (κ1) is 24.7. The molecule has 0 radical (unpaired) electrons. The van der Waals surface area contributed by atoms with Crippen LogP contribution in [-0.2, 0) is 6.61 Å². The molecule has 0 unspecified atom stereocenters. The molecule has 0 aliphatic carbocycles. The SMILES string of the molecule is CCN(CCO)CCOc1cccc2ncnc(Nc3ccc(OCc4ccccn4)c(Cl)c3)c12. The van der Waals surface area contributed by atoms with Crippen molar-refractivity contribution in [3.05, 3.63) is 77.8 Å². The van der Waals surface area contributed by atoms with Crippen molar-refractivity contribution in [3.63, 3.8) is 0 Å². The minimum Gasteiger partial charge on any atom is -0.491 e. The van der Waals surface area contributed by atoms with E-state index in [0.29, 0.717) is 48.6 Å². The van der Waals surface area contributed by atoms with Gasteiger partial charge in [-0.1, -0.05) is 30.7 Å². The molecule has 0 amide bonds. The second kappa shape index (κ2) is 12.3. The molecule has 0 aliphatic heterocycles. The topological polar surface area (TPSA) is 92.6 Å². The van der Waals surface area contributed by atoms with Crippen LogP contribution in [-0.4, -0.2) is 57.8 Å². The number of benzene rings is 2. The van der Waals surface area contributed by atoms with Crippen molar-refractivity contribution < 1.29 is 14.6 Å². The Morgan fingerprint density at radius 1 is 0.971 bits per heavy atom. The van der Waals surface area contributed by atoms with Gasteiger partial charge in [0.05, 0.1) is 28.2 Å². The van der Waals surface area contributed by atoms with Crippen LogP contribution in [0, 0.1) is 0 Å². The zero-order chi connectivity index (χ0) is 24.5. The summed E-state index contributed by atoms with van der Waals surface area (Å²) >= 11 is 6.48. The molecule has 0 spiro atoms. The summed E-state index contributed by atoms with van der Waals surface area (Å²) in [6.07, 6.45) is 3.24. The maximum absolute atomic E-state index is 9.19. The highest BCUT2D eigenvalue weighted by Gasteiger charge is 2.12. The maximum Gasteiger partial charge on any atom is 0.145 e. The second-order valence-corrected chi connectivity index (χ2v) is 8.17. The lowest BCUT2D eigenvalue weighted by Gasteiger charge is -2.19. The number of hydrogen-bond donors (Lipinski definition) is 2. The third-order valence-electron chi connectivity index (χ3n) is 5.45. The number of likely N-dealkylation sites (N-methyl/N-ethyl adjacent to an activating group) is 1. The van der Waals surface area contributed by atoms with Gasteiger partial charge in [-0.15, -0.1) is 0 Å². The summed E-state index contributed by atoms with van der Waals surface area (Å²) in [6, 6.07) is 16.9. The van der Waals surface area contributed by atoms with Crippen molar-refractivity contribution >= 4 is 34.0 Å². The van der Waals surface area contributed by atoms with Gasteiger partial charge in [0.2, 0.25) is 0 Å². The number of aliphatic hydroxyl groups excluding tert-OH is 1. The molecule has 4 rings (SSSR count). The summed E-state index contributed by atoms with van der Waals surface area (Å²) < 4.78 is 11.9. The van der Waals surface area contributed by atoms with E-state index >= 15 is 0 Å². The summed E-state index contributed by atoms with van der Waals surface area (Å²) in [4.78, 5) is 15.2. The van der Waals surface area contributed by atoms with Gasteiger partial charge in [0, 0.05) is 25.0 Å². The first-order chi connectivity index (χ1) is 17.2. The molecule has 2 aromatic carbocycles. The predicted octanol–water partition coefficient (Wildman–Crippen LogP) is 4.69. The zero-order valence-electron chi connectivity index (χ0n) is 19.5. The van der Waals surface area contributed by atoms with Gasteiger partial charge in [-0.05, 0) is 49.0 Å². The molecule has 0 saturated heterocycles. The first-order valence-corrected chi connectivity index (χ1v) is 11.8. The minimum atomic E-state index is 0.125. The van der Waals surface area contributed by atoms with Crippen molar-refractivity contribution in [2.24, 2.45) is 0 Å². The Morgan fingerprint density at radius 2 is 1.89 bits per heavy atom. The highest BCUT2D eigenvalue weighted by atomic mass is 35.5. The number of fused-ring (bicyclic) bond motifs is 1. The van der Waals surface area contributed by atoms with Gasteiger partial charge in [0.1, 0.15) is 36.9 Å². The average molecular weight is 494 g/mol. The number of rotatable bonds is 12. The monoisotopic (exact) mass is 493 g/mol. The van der Waals surface area contributed by atoms with Crippen LogP contribution in [0.3, 0.4) is 0 Å². The van der Waals surface area contributed by atoms with Crippen molar-refractivity contribution in [3.8, 4) is 11.5 Å². The molecule has 0 saturated carbocycles. The van der Waals surface area contributed by atoms with Gasteiger partial charge in [-0.2, -0.15) is 0 Å². The maximum atomic E-state index is 9.19. The lowest BCUT2D eigenvalue weighted by molar-refractivity contribution is 0.174. The molecule has 182 valence electrons. The number of anilines is 2. The summed E-state index contributed by atoms with van der Waals surface area (Å²) in [7, 11) is 0. The van der Waals surface area contributed by atoms with Crippen molar-refractivity contribution in [2.45, 2.75) is 13.5 Å². The van der Waals surface area contributed by atoms with E-state index < -0.39 is 0 Å². The van der Waals surface area contributed by atoms with Crippen molar-refractivity contribution in [1.29, 1.82) is 0 Å². The molecular weight excluding hydrogens is 466 g/mol. The average Bonchev–Trinajstić information content (AvgIpc) is 2.88. The highest BCUT2D eigenvalue weighted by molar-refractivity contribution is 6.32. The van der Waals surface area contributed by atoms with E-state index in [1.807, 2.05) is 48.5 Å². The van der Waals surface area contributed by atoms with Crippen LogP contribution < -0.4 is 14.8 Å². The van der Waals surface area contributed by atoms with Crippen LogP contribution in [0.5, 0.6) is 11.5 Å². The Bertz CT molecular complexity index is 1240. The molecule has 9 heteroatoms. The Labute approximate surface area is 209 Å². The number of aliphatic hydroxyl groups is 1. The summed E-state index contributed by atoms with van der Waals surface area (Å²) in [5.41, 5.74) is 2.35. The molecule has 0 fully saturated rings. The number of hydrogen-bond acceptors (Lipinski definition) is 8. The fourth-order valence-electron chi connectivity index (χ4n) is 3.62. The van der Waals surface area contributed by atoms with Gasteiger partial charge >= 0.3 is 0 Å². The van der Waals surface area contributed by atoms with Crippen LogP contribution in [0.2, 0.25) is 5.02 Å². The molecule has 2 aromatic heterocycles. The molecule has 0 atom stereocenters. The number of halogens is 1. The number of aromatic nitrogens is 3. The predicted molar refractivity (Wildman–Crippen MR) is 138 cm³/mol. The molecule has 2 N–H and O–H groups in total. The van der Waals surface area contributed by atoms with E-state index in [0.717, 1.165) is 28.8 Å². The molecule has 35 heavy (non-hydrogen) atoms. The van der Waals surface area contributed by atoms with E-state index in [-0.39, 0.29) is 6.61 Å². The second-order valence-electron chi connectivity index (χ2n) is 7.76. The van der Waals surface area contributed by atoms with Crippen LogP contribution >= 0.6 is 11.6 Å². The molecular formula is C26H28ClN5O3. The van der Waals surface area contributed by atoms with Crippen molar-refractivity contribution in [2.75, 3.05) is 38.2 Å². The molecule has 2 heterocycles. The number of pyridine rings is 1. The quantitative estimate of drug-likeness (QED) is 0.293. The Hall–Kier alpha value is -3.46. The standard InChI is InChI=1S/C26H28ClN5O3/c1-2-32(12-14-33)13-15-34-24-8-5-7-22-25(24)26(30-18-29-22)31-19-9-10-23(21(27)16-19)35-17-20-6-3-4-11-28-20/h3-11,16,18,33H,2,12-15,17H2,1H3,(H,29,30,31).